The summed E-state index contributed by atoms with van der Waals surface area (Å²) in [6.07, 6.45) is 2.95. The Morgan fingerprint density at radius 2 is 1.85 bits per heavy atom. The molecule has 4 nitrogen and oxygen atoms in total. The van der Waals surface area contributed by atoms with Crippen LogP contribution in [-0.4, -0.2) is 19.1 Å². The highest BCUT2D eigenvalue weighted by Crippen LogP contribution is 2.40. The van der Waals surface area contributed by atoms with Crippen molar-refractivity contribution in [3.8, 4) is 17.2 Å². The summed E-state index contributed by atoms with van der Waals surface area (Å²) >= 11 is 15.5. The molecule has 0 radical (unpaired) electrons. The molecule has 2 aromatic carbocycles. The Hall–Kier alpha value is -1.50. The number of carbonyl (C=O) groups excluding carboxylic acids is 1. The minimum atomic E-state index is -0.697. The molecule has 0 heterocycles. The Morgan fingerprint density at radius 3 is 2.38 bits per heavy atom. The van der Waals surface area contributed by atoms with Crippen molar-refractivity contribution in [2.45, 2.75) is 25.3 Å². The van der Waals surface area contributed by atoms with E-state index < -0.39 is 5.82 Å². The summed E-state index contributed by atoms with van der Waals surface area (Å²) in [5.41, 5.74) is 0.181. The van der Waals surface area contributed by atoms with E-state index in [1.54, 1.807) is 12.1 Å². The van der Waals surface area contributed by atoms with E-state index in [-0.39, 0.29) is 44.8 Å². The van der Waals surface area contributed by atoms with Gasteiger partial charge < -0.3 is 14.8 Å². The predicted octanol–water partition coefficient (Wildman–Crippen LogP) is 5.98. The van der Waals surface area contributed by atoms with Crippen molar-refractivity contribution in [3.05, 3.63) is 50.2 Å². The van der Waals surface area contributed by atoms with E-state index in [1.807, 2.05) is 0 Å². The minimum Gasteiger partial charge on any atom is -0.496 e. The number of carbonyl (C=O) groups is 1. The normalized spacial score (nSPS) is 13.9. The summed E-state index contributed by atoms with van der Waals surface area (Å²) in [4.78, 5) is 12.5. The molecule has 1 aliphatic carbocycles. The molecule has 138 valence electrons. The van der Waals surface area contributed by atoms with Crippen molar-refractivity contribution < 1.29 is 18.7 Å². The lowest BCUT2D eigenvalue weighted by Gasteiger charge is -2.26. The number of ether oxygens (including phenoxy) is 2. The molecule has 0 unspecified atom stereocenters. The molecule has 0 saturated heterocycles. The molecule has 1 fully saturated rings. The Labute approximate surface area is 168 Å². The number of rotatable bonds is 5. The third-order valence-electron chi connectivity index (χ3n) is 4.11. The maximum atomic E-state index is 14.4. The van der Waals surface area contributed by atoms with Crippen LogP contribution in [0.25, 0.3) is 0 Å². The van der Waals surface area contributed by atoms with Crippen molar-refractivity contribution in [1.82, 2.24) is 5.32 Å². The number of benzene rings is 2. The molecule has 2 aromatic rings. The lowest BCUT2D eigenvalue weighted by Crippen LogP contribution is -2.39. The highest BCUT2D eigenvalue weighted by Gasteiger charge is 2.24. The SMILES string of the molecule is COc1cc(F)c(Oc2c(Cl)cc(Br)cc2Cl)cc1C(=O)NC1CCC1. The number of nitrogens with one attached hydrogen (secondary N) is 1. The average molecular weight is 463 g/mol. The molecule has 0 spiro atoms. The Bertz CT molecular complexity index is 836. The third-order valence-corrected chi connectivity index (χ3v) is 5.13. The Morgan fingerprint density at radius 1 is 1.19 bits per heavy atom. The second-order valence-electron chi connectivity index (χ2n) is 5.88. The van der Waals surface area contributed by atoms with Crippen LogP contribution in [0.1, 0.15) is 29.6 Å². The number of methoxy groups -OCH3 is 1. The van der Waals surface area contributed by atoms with Gasteiger partial charge >= 0.3 is 0 Å². The lowest BCUT2D eigenvalue weighted by molar-refractivity contribution is 0.0913. The molecule has 0 atom stereocenters. The van der Waals surface area contributed by atoms with Crippen molar-refractivity contribution in [2.24, 2.45) is 0 Å². The summed E-state index contributed by atoms with van der Waals surface area (Å²) in [6, 6.07) is 5.68. The predicted molar refractivity (Wildman–Crippen MR) is 102 cm³/mol. The zero-order chi connectivity index (χ0) is 18.8. The third kappa shape index (κ3) is 4.08. The monoisotopic (exact) mass is 461 g/mol. The van der Waals surface area contributed by atoms with Crippen LogP contribution in [0.15, 0.2) is 28.7 Å². The fraction of sp³-hybridized carbons (Fsp3) is 0.278. The molecular formula is C18H15BrCl2FNO3. The topological polar surface area (TPSA) is 47.6 Å². The molecule has 1 saturated carbocycles. The van der Waals surface area contributed by atoms with Crippen molar-refractivity contribution >= 4 is 45.0 Å². The van der Waals surface area contributed by atoms with E-state index >= 15 is 0 Å². The zero-order valence-corrected chi connectivity index (χ0v) is 16.8. The Kier molecular flexibility index (Phi) is 5.95. The molecule has 0 bridgehead atoms. The second kappa shape index (κ2) is 8.03. The number of halogens is 4. The van der Waals surface area contributed by atoms with Gasteiger partial charge in [0.05, 0.1) is 22.7 Å². The molecule has 1 N–H and O–H groups in total. The summed E-state index contributed by atoms with van der Waals surface area (Å²) in [7, 11) is 1.37. The molecule has 8 heteroatoms. The molecule has 1 aliphatic rings. The molecule has 3 rings (SSSR count). The van der Waals surface area contributed by atoms with Crippen LogP contribution < -0.4 is 14.8 Å². The smallest absolute Gasteiger partial charge is 0.255 e. The summed E-state index contributed by atoms with van der Waals surface area (Å²) in [6.45, 7) is 0. The highest BCUT2D eigenvalue weighted by molar-refractivity contribution is 9.10. The first-order valence-corrected chi connectivity index (χ1v) is 9.44. The van der Waals surface area contributed by atoms with E-state index in [1.165, 1.54) is 13.2 Å². The van der Waals surface area contributed by atoms with Gasteiger partial charge in [-0.2, -0.15) is 0 Å². The summed E-state index contributed by atoms with van der Waals surface area (Å²) in [5, 5.41) is 3.31. The van der Waals surface area contributed by atoms with Gasteiger partial charge in [0, 0.05) is 22.6 Å². The maximum absolute atomic E-state index is 14.4. The average Bonchev–Trinajstić information content (AvgIpc) is 2.54. The van der Waals surface area contributed by atoms with Crippen LogP contribution in [-0.2, 0) is 0 Å². The maximum Gasteiger partial charge on any atom is 0.255 e. The highest BCUT2D eigenvalue weighted by atomic mass is 79.9. The minimum absolute atomic E-state index is 0.103. The fourth-order valence-corrected chi connectivity index (χ4v) is 3.80. The molecule has 0 aromatic heterocycles. The van der Waals surface area contributed by atoms with Gasteiger partial charge in [-0.15, -0.1) is 0 Å². The van der Waals surface area contributed by atoms with E-state index in [0.717, 1.165) is 25.3 Å². The first-order valence-electron chi connectivity index (χ1n) is 7.90. The van der Waals surface area contributed by atoms with E-state index in [0.29, 0.717) is 4.47 Å². The van der Waals surface area contributed by atoms with Crippen LogP contribution in [0.2, 0.25) is 10.0 Å². The van der Waals surface area contributed by atoms with Crippen LogP contribution in [0.5, 0.6) is 17.2 Å². The van der Waals surface area contributed by atoms with Gasteiger partial charge in [-0.3, -0.25) is 4.79 Å². The van der Waals surface area contributed by atoms with Gasteiger partial charge in [0.2, 0.25) is 0 Å². The summed E-state index contributed by atoms with van der Waals surface area (Å²) in [5.74, 6) is -0.984. The Balaban J connectivity index is 1.94. The lowest BCUT2D eigenvalue weighted by atomic mass is 9.93. The first-order chi connectivity index (χ1) is 12.4. The van der Waals surface area contributed by atoms with Gasteiger partial charge in [-0.1, -0.05) is 39.1 Å². The summed E-state index contributed by atoms with van der Waals surface area (Å²) < 4.78 is 25.8. The fourth-order valence-electron chi connectivity index (χ4n) is 2.51. The van der Waals surface area contributed by atoms with Crippen molar-refractivity contribution in [2.75, 3.05) is 7.11 Å². The number of amides is 1. The molecule has 26 heavy (non-hydrogen) atoms. The van der Waals surface area contributed by atoms with E-state index in [4.69, 9.17) is 32.7 Å². The standard InChI is InChI=1S/C18H15BrCl2FNO3/c1-25-15-8-14(22)16(7-11(15)18(24)23-10-3-2-4-10)26-17-12(20)5-9(19)6-13(17)21/h5-8,10H,2-4H2,1H3,(H,23,24). The van der Waals surface area contributed by atoms with Crippen LogP contribution in [0, 0.1) is 5.82 Å². The van der Waals surface area contributed by atoms with Crippen LogP contribution in [0.4, 0.5) is 4.39 Å². The van der Waals surface area contributed by atoms with Gasteiger partial charge in [0.25, 0.3) is 5.91 Å². The van der Waals surface area contributed by atoms with Gasteiger partial charge in [0.1, 0.15) is 5.75 Å². The van der Waals surface area contributed by atoms with E-state index in [2.05, 4.69) is 21.2 Å². The van der Waals surface area contributed by atoms with Gasteiger partial charge in [0.15, 0.2) is 17.3 Å². The van der Waals surface area contributed by atoms with E-state index in [9.17, 15) is 9.18 Å². The largest absolute Gasteiger partial charge is 0.496 e. The van der Waals surface area contributed by atoms with Crippen LogP contribution in [0.3, 0.4) is 0 Å². The second-order valence-corrected chi connectivity index (χ2v) is 7.61. The molecule has 0 aliphatic heterocycles. The molecule has 1 amide bonds. The van der Waals surface area contributed by atoms with Gasteiger partial charge in [-0.05, 0) is 31.4 Å². The first kappa shape index (κ1) is 19.3. The number of hydrogen-bond acceptors (Lipinski definition) is 3. The van der Waals surface area contributed by atoms with Crippen molar-refractivity contribution in [3.63, 3.8) is 0 Å². The quantitative estimate of drug-likeness (QED) is 0.594. The molecular weight excluding hydrogens is 448 g/mol. The van der Waals surface area contributed by atoms with Crippen molar-refractivity contribution in [1.29, 1.82) is 0 Å². The zero-order valence-electron chi connectivity index (χ0n) is 13.7. The van der Waals surface area contributed by atoms with Gasteiger partial charge in [-0.25, -0.2) is 4.39 Å². The number of hydrogen-bond donors (Lipinski definition) is 1. The van der Waals surface area contributed by atoms with Crippen LogP contribution >= 0.6 is 39.1 Å².